The Balaban J connectivity index is 1.71. The van der Waals surface area contributed by atoms with E-state index in [0.717, 1.165) is 40.8 Å². The number of hydrogen-bond acceptors (Lipinski definition) is 4. The van der Waals surface area contributed by atoms with Crippen LogP contribution in [-0.2, 0) is 17.0 Å². The van der Waals surface area contributed by atoms with E-state index in [1.54, 1.807) is 17.8 Å². The van der Waals surface area contributed by atoms with Gasteiger partial charge in [-0.3, -0.25) is 9.36 Å². The lowest BCUT2D eigenvalue weighted by Crippen LogP contribution is -2.22. The highest BCUT2D eigenvalue weighted by Crippen LogP contribution is 2.28. The average molecular weight is 475 g/mol. The number of rotatable bonds is 11. The van der Waals surface area contributed by atoms with Crippen molar-refractivity contribution >= 4 is 40.9 Å². The van der Waals surface area contributed by atoms with Gasteiger partial charge in [-0.1, -0.05) is 59.2 Å². The van der Waals surface area contributed by atoms with Gasteiger partial charge in [0.2, 0.25) is 5.91 Å². The molecule has 31 heavy (non-hydrogen) atoms. The Morgan fingerprint density at radius 2 is 1.87 bits per heavy atom. The topological polar surface area (TPSA) is 59.8 Å². The maximum absolute atomic E-state index is 11.8. The minimum absolute atomic E-state index is 0.0361. The van der Waals surface area contributed by atoms with Crippen LogP contribution in [0.5, 0.6) is 0 Å². The van der Waals surface area contributed by atoms with Crippen LogP contribution in [0.4, 0.5) is 0 Å². The standard InChI is InChI=1S/C23H24Cl2N4OS/c1-2-13-26-22(30)12-4-3-11-21-27-28-23(29(21)20-10-6-9-19(25)15-20)31-16-17-7-5-8-18(24)14-17/h2,5-10,14-15H,1,3-4,11-13,16H2,(H,26,30). The monoisotopic (exact) mass is 474 g/mol. The summed E-state index contributed by atoms with van der Waals surface area (Å²) >= 11 is 13.9. The van der Waals surface area contributed by atoms with Crippen molar-refractivity contribution in [2.24, 2.45) is 0 Å². The molecule has 1 amide bonds. The molecule has 1 aromatic heterocycles. The van der Waals surface area contributed by atoms with Crippen molar-refractivity contribution in [1.82, 2.24) is 20.1 Å². The number of nitrogens with zero attached hydrogens (tertiary/aromatic N) is 3. The Morgan fingerprint density at radius 3 is 2.61 bits per heavy atom. The Labute approximate surface area is 196 Å². The van der Waals surface area contributed by atoms with Gasteiger partial charge in [0.25, 0.3) is 0 Å². The van der Waals surface area contributed by atoms with Crippen LogP contribution < -0.4 is 5.32 Å². The molecule has 0 aliphatic heterocycles. The van der Waals surface area contributed by atoms with E-state index in [0.29, 0.717) is 29.4 Å². The van der Waals surface area contributed by atoms with E-state index in [4.69, 9.17) is 23.2 Å². The summed E-state index contributed by atoms with van der Waals surface area (Å²) in [5.74, 6) is 1.61. The SMILES string of the molecule is C=CCNC(=O)CCCCc1nnc(SCc2cccc(Cl)c2)n1-c1cccc(Cl)c1. The van der Waals surface area contributed by atoms with Crippen LogP contribution in [0.2, 0.25) is 10.0 Å². The fraction of sp³-hybridized carbons (Fsp3) is 0.261. The van der Waals surface area contributed by atoms with Gasteiger partial charge in [-0.25, -0.2) is 0 Å². The predicted molar refractivity (Wildman–Crippen MR) is 128 cm³/mol. The number of nitrogens with one attached hydrogen (secondary N) is 1. The van der Waals surface area contributed by atoms with Gasteiger partial charge in [0.1, 0.15) is 5.82 Å². The first-order valence-corrected chi connectivity index (χ1v) is 11.8. The van der Waals surface area contributed by atoms with E-state index in [2.05, 4.69) is 22.1 Å². The zero-order valence-electron chi connectivity index (χ0n) is 17.1. The first-order chi connectivity index (χ1) is 15.1. The Bertz CT molecular complexity index is 1040. The van der Waals surface area contributed by atoms with Gasteiger partial charge in [-0.2, -0.15) is 0 Å². The maximum atomic E-state index is 11.8. The molecule has 1 heterocycles. The zero-order chi connectivity index (χ0) is 22.1. The molecule has 0 radical (unpaired) electrons. The Kier molecular flexibility index (Phi) is 9.00. The molecule has 0 aliphatic carbocycles. The number of halogens is 2. The molecule has 0 saturated heterocycles. The minimum Gasteiger partial charge on any atom is -0.353 e. The number of unbranched alkanes of at least 4 members (excludes halogenated alkanes) is 1. The van der Waals surface area contributed by atoms with Gasteiger partial charge in [-0.05, 0) is 48.7 Å². The van der Waals surface area contributed by atoms with Crippen molar-refractivity contribution in [2.75, 3.05) is 6.54 Å². The number of carbonyl (C=O) groups excluding carboxylic acids is 1. The Hall–Kier alpha value is -2.28. The van der Waals surface area contributed by atoms with Crippen LogP contribution >= 0.6 is 35.0 Å². The van der Waals surface area contributed by atoms with Crippen molar-refractivity contribution in [1.29, 1.82) is 0 Å². The third kappa shape index (κ3) is 7.13. The van der Waals surface area contributed by atoms with E-state index in [-0.39, 0.29) is 5.91 Å². The number of benzene rings is 2. The van der Waals surface area contributed by atoms with Gasteiger partial charge in [0.05, 0.1) is 5.69 Å². The van der Waals surface area contributed by atoms with Gasteiger partial charge in [0.15, 0.2) is 5.16 Å². The van der Waals surface area contributed by atoms with Crippen molar-refractivity contribution < 1.29 is 4.79 Å². The van der Waals surface area contributed by atoms with E-state index >= 15 is 0 Å². The molecule has 0 fully saturated rings. The summed E-state index contributed by atoms with van der Waals surface area (Å²) in [6.45, 7) is 4.10. The van der Waals surface area contributed by atoms with Crippen molar-refractivity contribution in [2.45, 2.75) is 36.6 Å². The summed E-state index contributed by atoms with van der Waals surface area (Å²) in [7, 11) is 0. The summed E-state index contributed by atoms with van der Waals surface area (Å²) < 4.78 is 2.04. The van der Waals surface area contributed by atoms with E-state index in [1.165, 1.54) is 0 Å². The lowest BCUT2D eigenvalue weighted by atomic mass is 10.1. The van der Waals surface area contributed by atoms with Crippen molar-refractivity contribution in [3.63, 3.8) is 0 Å². The number of carbonyl (C=O) groups is 1. The average Bonchev–Trinajstić information content (AvgIpc) is 3.16. The second kappa shape index (κ2) is 11.9. The van der Waals surface area contributed by atoms with E-state index in [9.17, 15) is 4.79 Å². The van der Waals surface area contributed by atoms with Crippen molar-refractivity contribution in [3.05, 3.63) is 82.6 Å². The van der Waals surface area contributed by atoms with E-state index < -0.39 is 0 Å². The summed E-state index contributed by atoms with van der Waals surface area (Å²) in [5, 5.41) is 13.8. The normalized spacial score (nSPS) is 10.8. The van der Waals surface area contributed by atoms with Crippen LogP contribution in [0.1, 0.15) is 30.7 Å². The Morgan fingerprint density at radius 1 is 1.10 bits per heavy atom. The molecule has 162 valence electrons. The molecule has 0 atom stereocenters. The number of amides is 1. The quantitative estimate of drug-likeness (QED) is 0.214. The first kappa shape index (κ1) is 23.4. The molecule has 0 aliphatic rings. The third-order valence-corrected chi connectivity index (χ3v) is 5.99. The molecular formula is C23H24Cl2N4OS. The maximum Gasteiger partial charge on any atom is 0.220 e. The molecule has 5 nitrogen and oxygen atoms in total. The van der Waals surface area contributed by atoms with E-state index in [1.807, 2.05) is 53.1 Å². The fourth-order valence-corrected chi connectivity index (χ4v) is 4.36. The van der Waals surface area contributed by atoms with Gasteiger partial charge in [0, 0.05) is 35.2 Å². The van der Waals surface area contributed by atoms with Gasteiger partial charge < -0.3 is 5.32 Å². The third-order valence-electron chi connectivity index (χ3n) is 4.52. The molecule has 0 saturated carbocycles. The predicted octanol–water partition coefficient (Wildman–Crippen LogP) is 5.88. The highest BCUT2D eigenvalue weighted by molar-refractivity contribution is 7.98. The number of thioether (sulfide) groups is 1. The number of aryl methyl sites for hydroxylation is 1. The zero-order valence-corrected chi connectivity index (χ0v) is 19.4. The van der Waals surface area contributed by atoms with Gasteiger partial charge >= 0.3 is 0 Å². The highest BCUT2D eigenvalue weighted by atomic mass is 35.5. The second-order valence-corrected chi connectivity index (χ2v) is 8.75. The minimum atomic E-state index is 0.0361. The van der Waals surface area contributed by atoms with Crippen molar-refractivity contribution in [3.8, 4) is 5.69 Å². The summed E-state index contributed by atoms with van der Waals surface area (Å²) in [4.78, 5) is 11.8. The molecule has 8 heteroatoms. The molecule has 3 rings (SSSR count). The van der Waals surface area contributed by atoms with Crippen LogP contribution in [0.15, 0.2) is 66.3 Å². The molecule has 0 bridgehead atoms. The second-order valence-electron chi connectivity index (χ2n) is 6.93. The van der Waals surface area contributed by atoms with Crippen LogP contribution in [-0.4, -0.2) is 27.2 Å². The van der Waals surface area contributed by atoms with Crippen LogP contribution in [0, 0.1) is 0 Å². The summed E-state index contributed by atoms with van der Waals surface area (Å²) in [6, 6.07) is 15.4. The lowest BCUT2D eigenvalue weighted by molar-refractivity contribution is -0.121. The molecule has 0 unspecified atom stereocenters. The first-order valence-electron chi connectivity index (χ1n) is 10.0. The molecule has 0 spiro atoms. The lowest BCUT2D eigenvalue weighted by Gasteiger charge is -2.11. The smallest absolute Gasteiger partial charge is 0.220 e. The number of aromatic nitrogens is 3. The number of hydrogen-bond donors (Lipinski definition) is 1. The highest BCUT2D eigenvalue weighted by Gasteiger charge is 2.15. The van der Waals surface area contributed by atoms with Gasteiger partial charge in [-0.15, -0.1) is 16.8 Å². The molecule has 3 aromatic rings. The molecule has 1 N–H and O–H groups in total. The summed E-state index contributed by atoms with van der Waals surface area (Å²) in [6.07, 6.45) is 4.48. The molecular weight excluding hydrogens is 451 g/mol. The fourth-order valence-electron chi connectivity index (χ4n) is 3.05. The van der Waals surface area contributed by atoms with Crippen LogP contribution in [0.3, 0.4) is 0 Å². The molecule has 2 aromatic carbocycles. The van der Waals surface area contributed by atoms with Crippen LogP contribution in [0.25, 0.3) is 5.69 Å². The largest absolute Gasteiger partial charge is 0.353 e. The summed E-state index contributed by atoms with van der Waals surface area (Å²) in [5.41, 5.74) is 2.04.